The largest absolute Gasteiger partial charge is 0.456 e. The number of aromatic nitrogens is 9. The van der Waals surface area contributed by atoms with Gasteiger partial charge in [0.15, 0.2) is 43.8 Å². The Morgan fingerprint density at radius 3 is 1.07 bits per heavy atom. The summed E-state index contributed by atoms with van der Waals surface area (Å²) in [5.41, 5.74) is 21.8. The van der Waals surface area contributed by atoms with Gasteiger partial charge >= 0.3 is 0 Å². The van der Waals surface area contributed by atoms with E-state index in [2.05, 4.69) is 334 Å². The van der Waals surface area contributed by atoms with Crippen molar-refractivity contribution in [3.8, 4) is 39.7 Å². The fourth-order valence-corrected chi connectivity index (χ4v) is 25.6. The highest BCUT2D eigenvalue weighted by Gasteiger charge is 2.32. The van der Waals surface area contributed by atoms with Gasteiger partial charge in [-0.05, 0) is 214 Å². The molecule has 0 aliphatic rings. The first-order valence-electron chi connectivity index (χ1n) is 49.2. The van der Waals surface area contributed by atoms with Crippen LogP contribution in [0.1, 0.15) is 0 Å². The van der Waals surface area contributed by atoms with E-state index in [0.29, 0.717) is 50.5 Å². The molecule has 0 bridgehead atoms. The normalized spacial score (nSPS) is 12.4. The lowest BCUT2D eigenvalue weighted by Gasteiger charge is -2.11. The number of benzene rings is 22. The quantitative estimate of drug-likeness (QED) is 0.160. The zero-order valence-electron chi connectivity index (χ0n) is 78.1. The molecule has 0 aliphatic carbocycles. The number of hydrogen-bond acceptors (Lipinski definition) is 13. The van der Waals surface area contributed by atoms with Gasteiger partial charge in [-0.3, -0.25) is 9.13 Å². The highest BCUT2D eigenvalue weighted by atomic mass is 35.5. The molecule has 0 aliphatic heterocycles. The van der Waals surface area contributed by atoms with Crippen LogP contribution in [0, 0.1) is 0 Å². The Balaban J connectivity index is 0.0000000979. The van der Waals surface area contributed by atoms with Gasteiger partial charge in [0.25, 0.3) is 0 Å². The maximum atomic E-state index is 7.13. The molecule has 0 N–H and O–H groups in total. The average molecular weight is 1990 g/mol. The highest BCUT2D eigenvalue weighted by Crippen LogP contribution is 2.54. The van der Waals surface area contributed by atoms with Crippen LogP contribution in [0.2, 0.25) is 15.5 Å². The third-order valence-electron chi connectivity index (χ3n) is 30.4. The summed E-state index contributed by atoms with van der Waals surface area (Å²) in [6.45, 7) is 0. The first kappa shape index (κ1) is 82.6. The van der Waals surface area contributed by atoms with Gasteiger partial charge in [-0.25, -0.2) is 19.9 Å². The second-order valence-corrected chi connectivity index (χ2v) is 40.5. The molecule has 149 heavy (non-hydrogen) atoms. The molecule has 22 aromatic carbocycles. The van der Waals surface area contributed by atoms with Gasteiger partial charge in [-0.2, -0.15) is 9.97 Å². The van der Waals surface area contributed by atoms with Gasteiger partial charge in [-0.1, -0.05) is 308 Å². The number of thiophene rings is 1. The van der Waals surface area contributed by atoms with Crippen molar-refractivity contribution in [3.63, 3.8) is 0 Å². The molecular formula is C130H66Cl3N9O6S. The molecule has 15 nitrogen and oxygen atoms in total. The predicted octanol–water partition coefficient (Wildman–Crippen LogP) is 37.9. The molecule has 0 saturated carbocycles. The number of fused-ring (bicyclic) bond motifs is 46. The SMILES string of the molecule is Clc1nc2c(nc1-c1ccc(-n3c4cc5ccccc5cc4c4c5ccccc5c5c6cc7ccccc7cc6oc5c43)cc1)sc1ccccc12.Clc1nc2oc3ccccc3c2nc1-n1c2ccccc2c2c3cc(-c4ccc5oc6ccccc6c5c4)ccc3c3c4cc5ccccc5cc4oc3c21.Clc1nc2oc3ccccc3c2nc1-n1c2ccccc2c2c3ccccc3c3c4cc5ccccc5cc4oc3c21. The van der Waals surface area contributed by atoms with Crippen LogP contribution in [0.4, 0.5) is 0 Å². The van der Waals surface area contributed by atoms with Crippen LogP contribution >= 0.6 is 46.1 Å². The lowest BCUT2D eigenvalue weighted by molar-refractivity contribution is 0.652. The van der Waals surface area contributed by atoms with Gasteiger partial charge in [0, 0.05) is 108 Å². The van der Waals surface area contributed by atoms with Crippen LogP contribution in [-0.4, -0.2) is 43.6 Å². The Morgan fingerprint density at radius 1 is 0.208 bits per heavy atom. The molecule has 0 spiro atoms. The smallest absolute Gasteiger partial charge is 0.247 e. The third kappa shape index (κ3) is 12.0. The number of nitrogens with zero attached hydrogens (tertiary/aromatic N) is 9. The maximum Gasteiger partial charge on any atom is 0.247 e. The molecule has 0 fully saturated rings. The molecule has 13 heterocycles. The van der Waals surface area contributed by atoms with E-state index in [1.165, 1.54) is 43.1 Å². The van der Waals surface area contributed by atoms with Gasteiger partial charge in [-0.15, -0.1) is 11.3 Å². The summed E-state index contributed by atoms with van der Waals surface area (Å²) in [4.78, 5) is 30.6. The topological polar surface area (TPSA) is 171 Å². The van der Waals surface area contributed by atoms with Crippen molar-refractivity contribution in [1.29, 1.82) is 0 Å². The van der Waals surface area contributed by atoms with E-state index in [0.717, 1.165) is 245 Å². The summed E-state index contributed by atoms with van der Waals surface area (Å²) < 4.78 is 46.9. The molecule has 19 heteroatoms. The number of halogens is 3. The van der Waals surface area contributed by atoms with Crippen molar-refractivity contribution < 1.29 is 26.5 Å². The molecule has 694 valence electrons. The second-order valence-electron chi connectivity index (χ2n) is 38.4. The van der Waals surface area contributed by atoms with Gasteiger partial charge < -0.3 is 31.1 Å². The van der Waals surface area contributed by atoms with E-state index < -0.39 is 0 Å². The zero-order chi connectivity index (χ0) is 97.5. The number of rotatable bonds is 5. The summed E-state index contributed by atoms with van der Waals surface area (Å²) in [6.07, 6.45) is 0. The van der Waals surface area contributed by atoms with Crippen molar-refractivity contribution in [1.82, 2.24) is 43.6 Å². The number of para-hydroxylation sites is 5. The summed E-state index contributed by atoms with van der Waals surface area (Å²) in [5, 5.41) is 35.3. The second kappa shape index (κ2) is 31.1. The Morgan fingerprint density at radius 2 is 0.570 bits per heavy atom. The Hall–Kier alpha value is -18.8. The number of hydrogen-bond donors (Lipinski definition) is 0. The summed E-state index contributed by atoms with van der Waals surface area (Å²) in [7, 11) is 0. The van der Waals surface area contributed by atoms with Crippen molar-refractivity contribution in [2.24, 2.45) is 0 Å². The molecular weight excluding hydrogens is 1920 g/mol. The lowest BCUT2D eigenvalue weighted by atomic mass is 9.94. The molecule has 35 rings (SSSR count). The van der Waals surface area contributed by atoms with Crippen molar-refractivity contribution in [3.05, 3.63) is 416 Å². The average Bonchev–Trinajstić information content (AvgIpc) is 1.59. The molecule has 0 amide bonds. The van der Waals surface area contributed by atoms with E-state index in [1.54, 1.807) is 11.3 Å². The summed E-state index contributed by atoms with van der Waals surface area (Å²) in [6, 6.07) is 140. The molecule has 35 aromatic rings. The zero-order valence-corrected chi connectivity index (χ0v) is 81.2. The maximum absolute atomic E-state index is 7.13. The van der Waals surface area contributed by atoms with E-state index in [-0.39, 0.29) is 10.3 Å². The van der Waals surface area contributed by atoms with E-state index >= 15 is 0 Å². The highest BCUT2D eigenvalue weighted by molar-refractivity contribution is 7.25. The molecule has 0 radical (unpaired) electrons. The minimum atomic E-state index is 0.235. The van der Waals surface area contributed by atoms with Crippen LogP contribution in [0.25, 0.3) is 333 Å². The minimum absolute atomic E-state index is 0.235. The molecule has 13 aromatic heterocycles. The van der Waals surface area contributed by atoms with Crippen molar-refractivity contribution in [2.75, 3.05) is 0 Å². The molecule has 0 atom stereocenters. The van der Waals surface area contributed by atoms with Crippen LogP contribution in [0.3, 0.4) is 0 Å². The van der Waals surface area contributed by atoms with Gasteiger partial charge in [0.2, 0.25) is 11.4 Å². The van der Waals surface area contributed by atoms with Crippen LogP contribution in [0.5, 0.6) is 0 Å². The fraction of sp³-hybridized carbons (Fsp3) is 0. The van der Waals surface area contributed by atoms with Gasteiger partial charge in [0.05, 0.1) is 33.1 Å². The van der Waals surface area contributed by atoms with Gasteiger partial charge in [0.1, 0.15) is 66.2 Å². The summed E-state index contributed by atoms with van der Waals surface area (Å²) >= 11 is 22.6. The molecule has 0 saturated heterocycles. The third-order valence-corrected chi connectivity index (χ3v) is 32.2. The lowest BCUT2D eigenvalue weighted by Crippen LogP contribution is -2.01. The van der Waals surface area contributed by atoms with Crippen molar-refractivity contribution >= 4 is 340 Å². The number of furan rings is 6. The van der Waals surface area contributed by atoms with Crippen LogP contribution in [0.15, 0.2) is 427 Å². The minimum Gasteiger partial charge on any atom is -0.456 e. The predicted molar refractivity (Wildman–Crippen MR) is 614 cm³/mol. The standard InChI is InChI=1S/C48H24ClN3O3.C46H24ClN3OS.C36H18ClN3O2/c49-46-47(50-43-32-13-5-8-16-38(32)55-48(43)51-46)52-36-14-6-3-12-31(36)41-34-22-27(28-18-20-39-33(21-28)29-11-4-7-15-37(29)53-39)17-19-30(34)42-35-23-25-9-1-2-10-26(25)24-40(35)54-45(42)44(41)52;47-45-41(49-46-42(48-45)33-15-7-8-16-38(33)52-46)25-17-19-30(20-18-25)50-36-23-28-11-3-1-9-26(28)21-34(36)39-31-13-5-6-14-32(31)40-35-22-27-10-2-4-12-29(27)24-37(35)51-44(40)43(39)50;37-34-35(38-31-24-14-6-8-16-27(24)42-36(31)39-34)40-26-15-7-5-13-23(26)29-21-11-3-4-12-22(21)30-25-17-19-9-1-2-10-20(19)18-28(25)41-33(30)32(29)40/h1-24H;1-24H;1-18H. The van der Waals surface area contributed by atoms with Crippen LogP contribution in [-0.2, 0) is 0 Å². The Bertz CT molecular complexity index is 12200. The first-order chi connectivity index (χ1) is 73.6. The Kier molecular flexibility index (Phi) is 17.3. The monoisotopic (exact) mass is 1990 g/mol. The summed E-state index contributed by atoms with van der Waals surface area (Å²) in [5.74, 6) is 1.04. The Labute approximate surface area is 858 Å². The van der Waals surface area contributed by atoms with E-state index in [4.69, 9.17) is 86.2 Å². The van der Waals surface area contributed by atoms with Crippen LogP contribution < -0.4 is 0 Å². The van der Waals surface area contributed by atoms with E-state index in [1.807, 2.05) is 84.9 Å². The fourth-order valence-electron chi connectivity index (χ4n) is 23.9. The first-order valence-corrected chi connectivity index (χ1v) is 51.2. The van der Waals surface area contributed by atoms with Crippen molar-refractivity contribution in [2.45, 2.75) is 0 Å². The van der Waals surface area contributed by atoms with E-state index in [9.17, 15) is 0 Å². The molecule has 0 unspecified atom stereocenters.